The van der Waals surface area contributed by atoms with E-state index in [0.717, 1.165) is 3.94 Å². The van der Waals surface area contributed by atoms with Crippen molar-refractivity contribution in [1.29, 1.82) is 0 Å². The van der Waals surface area contributed by atoms with Crippen molar-refractivity contribution < 1.29 is 36.8 Å². The van der Waals surface area contributed by atoms with E-state index >= 15 is 0 Å². The molecule has 0 aromatic carbocycles. The summed E-state index contributed by atoms with van der Waals surface area (Å²) in [5, 5.41) is 0. The van der Waals surface area contributed by atoms with Crippen molar-refractivity contribution in [1.82, 2.24) is 3.94 Å². The van der Waals surface area contributed by atoms with Crippen LogP contribution >= 0.6 is 23.6 Å². The van der Waals surface area contributed by atoms with Crippen LogP contribution in [0.1, 0.15) is 20.3 Å². The molecule has 1 saturated heterocycles. The number of nitrogens with zero attached hydrogens (tertiary/aromatic N) is 1. The molecule has 0 aromatic heterocycles. The molecule has 1 aliphatic heterocycles. The van der Waals surface area contributed by atoms with Gasteiger partial charge in [0, 0.05) is 5.54 Å². The van der Waals surface area contributed by atoms with Gasteiger partial charge in [-0.2, -0.15) is 0 Å². The molecule has 30 heavy (non-hydrogen) atoms. The minimum absolute atomic E-state index is 0.0627. The summed E-state index contributed by atoms with van der Waals surface area (Å²) in [5.74, 6) is -0.224. The molecule has 0 amide bonds. The minimum Gasteiger partial charge on any atom is -0.377 e. The maximum atomic E-state index is 12.6. The monoisotopic (exact) mass is 495 g/mol. The zero-order chi connectivity index (χ0) is 22.3. The van der Waals surface area contributed by atoms with Gasteiger partial charge in [0.15, 0.2) is 9.84 Å². The second kappa shape index (κ2) is 16.0. The molecule has 180 valence electrons. The maximum absolute atomic E-state index is 12.6. The Morgan fingerprint density at radius 2 is 1.23 bits per heavy atom. The van der Waals surface area contributed by atoms with Gasteiger partial charge < -0.3 is 28.4 Å². The second-order valence-corrected chi connectivity index (χ2v) is 10.5. The number of rotatable bonds is 6. The molecule has 0 saturated carbocycles. The standard InChI is InChI=1S/C18H35Cl2NO8S/c1-18(2,21(19)20)3-14-30(22,23)16-17-15-28-11-10-26-7-6-24-4-5-25-8-9-27-12-13-29-17/h17H,3-16H2,1-2H3. The molecule has 1 unspecified atom stereocenters. The van der Waals surface area contributed by atoms with Gasteiger partial charge >= 0.3 is 0 Å². The number of sulfone groups is 1. The largest absolute Gasteiger partial charge is 0.377 e. The van der Waals surface area contributed by atoms with Crippen LogP contribution < -0.4 is 0 Å². The highest BCUT2D eigenvalue weighted by atomic mass is 35.5. The van der Waals surface area contributed by atoms with Gasteiger partial charge in [-0.15, -0.1) is 3.94 Å². The van der Waals surface area contributed by atoms with Crippen LogP contribution in [-0.2, 0) is 38.3 Å². The lowest BCUT2D eigenvalue weighted by atomic mass is 10.0. The van der Waals surface area contributed by atoms with Crippen LogP contribution in [0.5, 0.6) is 0 Å². The van der Waals surface area contributed by atoms with E-state index in [-0.39, 0.29) is 31.1 Å². The van der Waals surface area contributed by atoms with Crippen molar-refractivity contribution in [3.63, 3.8) is 0 Å². The Labute approximate surface area is 190 Å². The van der Waals surface area contributed by atoms with Crippen molar-refractivity contribution in [2.75, 3.05) is 84.2 Å². The molecular formula is C18H35Cl2NO8S. The van der Waals surface area contributed by atoms with Gasteiger partial charge in [-0.3, -0.25) is 0 Å². The van der Waals surface area contributed by atoms with E-state index in [9.17, 15) is 8.42 Å². The fourth-order valence-corrected chi connectivity index (χ4v) is 4.27. The number of hydrogen-bond acceptors (Lipinski definition) is 9. The molecular weight excluding hydrogens is 461 g/mol. The third-order valence-electron chi connectivity index (χ3n) is 4.30. The minimum atomic E-state index is -3.40. The summed E-state index contributed by atoms with van der Waals surface area (Å²) in [5.41, 5.74) is -0.664. The van der Waals surface area contributed by atoms with Crippen molar-refractivity contribution in [2.45, 2.75) is 31.9 Å². The van der Waals surface area contributed by atoms with Crippen LogP contribution in [0.15, 0.2) is 0 Å². The number of halogens is 2. The third kappa shape index (κ3) is 14.3. The molecule has 0 N–H and O–H groups in total. The highest BCUT2D eigenvalue weighted by molar-refractivity contribution is 7.91. The van der Waals surface area contributed by atoms with E-state index in [0.29, 0.717) is 59.5 Å². The first-order valence-electron chi connectivity index (χ1n) is 10.1. The molecule has 1 atom stereocenters. The Morgan fingerprint density at radius 1 is 0.800 bits per heavy atom. The molecule has 9 nitrogen and oxygen atoms in total. The average molecular weight is 496 g/mol. The summed E-state index contributed by atoms with van der Waals surface area (Å²) >= 11 is 11.6. The molecule has 1 aliphatic rings. The van der Waals surface area contributed by atoms with Crippen molar-refractivity contribution in [3.8, 4) is 0 Å². The van der Waals surface area contributed by atoms with E-state index in [4.69, 9.17) is 52.0 Å². The SMILES string of the molecule is CC(C)(CCS(=O)(=O)CC1COCCOCCOCCOCCOCCO1)N(Cl)Cl. The predicted octanol–water partition coefficient (Wildman–Crippen LogP) is 1.66. The summed E-state index contributed by atoms with van der Waals surface area (Å²) in [6, 6.07) is 0. The molecule has 1 rings (SSSR count). The lowest BCUT2D eigenvalue weighted by Gasteiger charge is -2.27. The Balaban J connectivity index is 2.51. The lowest BCUT2D eigenvalue weighted by molar-refractivity contribution is -0.0541. The highest BCUT2D eigenvalue weighted by Gasteiger charge is 2.28. The van der Waals surface area contributed by atoms with Crippen LogP contribution in [0.3, 0.4) is 0 Å². The van der Waals surface area contributed by atoms with E-state index in [1.807, 2.05) is 0 Å². The highest BCUT2D eigenvalue weighted by Crippen LogP contribution is 2.24. The van der Waals surface area contributed by atoms with Gasteiger partial charge in [0.2, 0.25) is 0 Å². The Morgan fingerprint density at radius 3 is 1.70 bits per heavy atom. The van der Waals surface area contributed by atoms with Crippen LogP contribution in [0.2, 0.25) is 0 Å². The zero-order valence-corrected chi connectivity index (χ0v) is 20.2. The van der Waals surface area contributed by atoms with E-state index in [1.165, 1.54) is 0 Å². The van der Waals surface area contributed by atoms with E-state index in [2.05, 4.69) is 0 Å². The van der Waals surface area contributed by atoms with Gasteiger partial charge in [0.25, 0.3) is 0 Å². The summed E-state index contributed by atoms with van der Waals surface area (Å²) in [7, 11) is -3.40. The van der Waals surface area contributed by atoms with Gasteiger partial charge in [-0.05, 0) is 43.8 Å². The summed E-state index contributed by atoms with van der Waals surface area (Å²) < 4.78 is 59.0. The Kier molecular flexibility index (Phi) is 15.0. The quantitative estimate of drug-likeness (QED) is 0.509. The third-order valence-corrected chi connectivity index (χ3v) is 6.92. The van der Waals surface area contributed by atoms with Crippen molar-refractivity contribution in [2.24, 2.45) is 0 Å². The molecule has 0 aromatic rings. The maximum Gasteiger partial charge on any atom is 0.153 e. The fourth-order valence-electron chi connectivity index (χ4n) is 2.37. The predicted molar refractivity (Wildman–Crippen MR) is 115 cm³/mol. The average Bonchev–Trinajstić information content (AvgIpc) is 2.67. The fraction of sp³-hybridized carbons (Fsp3) is 1.00. The van der Waals surface area contributed by atoms with Crippen molar-refractivity contribution in [3.05, 3.63) is 0 Å². The normalized spacial score (nSPS) is 23.0. The first-order valence-corrected chi connectivity index (χ1v) is 12.6. The molecule has 1 fully saturated rings. The lowest BCUT2D eigenvalue weighted by Crippen LogP contribution is -2.36. The van der Waals surface area contributed by atoms with Crippen LogP contribution in [0.25, 0.3) is 0 Å². The van der Waals surface area contributed by atoms with Crippen molar-refractivity contribution >= 4 is 33.4 Å². The van der Waals surface area contributed by atoms with Gasteiger partial charge in [0.05, 0.1) is 90.3 Å². The Bertz CT molecular complexity index is 518. The van der Waals surface area contributed by atoms with Gasteiger partial charge in [-0.25, -0.2) is 8.42 Å². The summed E-state index contributed by atoms with van der Waals surface area (Å²) in [4.78, 5) is 0. The van der Waals surface area contributed by atoms with Gasteiger partial charge in [-0.1, -0.05) is 0 Å². The first kappa shape index (κ1) is 28.3. The first-order chi connectivity index (χ1) is 14.2. The second-order valence-electron chi connectivity index (χ2n) is 7.43. The number of ether oxygens (including phenoxy) is 6. The zero-order valence-electron chi connectivity index (χ0n) is 17.9. The molecule has 0 bridgehead atoms. The molecule has 1 heterocycles. The number of hydrogen-bond donors (Lipinski definition) is 0. The van der Waals surface area contributed by atoms with E-state index < -0.39 is 21.5 Å². The molecule has 12 heteroatoms. The smallest absolute Gasteiger partial charge is 0.153 e. The van der Waals surface area contributed by atoms with Gasteiger partial charge in [0.1, 0.15) is 0 Å². The Hall–Kier alpha value is 0.250. The van der Waals surface area contributed by atoms with Crippen LogP contribution in [0.4, 0.5) is 0 Å². The molecule has 0 radical (unpaired) electrons. The molecule has 0 aliphatic carbocycles. The van der Waals surface area contributed by atoms with Crippen LogP contribution in [0, 0.1) is 0 Å². The summed E-state index contributed by atoms with van der Waals surface area (Å²) in [6.07, 6.45) is -0.321. The summed E-state index contributed by atoms with van der Waals surface area (Å²) in [6.45, 7) is 7.79. The topological polar surface area (TPSA) is 92.8 Å². The molecule has 0 spiro atoms. The van der Waals surface area contributed by atoms with Crippen LogP contribution in [-0.4, -0.2) is 108 Å². The van der Waals surface area contributed by atoms with E-state index in [1.54, 1.807) is 13.8 Å².